The molecule has 1 aliphatic rings. The molecule has 0 radical (unpaired) electrons. The van der Waals surface area contributed by atoms with Crippen LogP contribution in [-0.2, 0) is 25.4 Å². The highest BCUT2D eigenvalue weighted by Gasteiger charge is 2.24. The number of nitrogens with zero attached hydrogens (tertiary/aromatic N) is 4. The van der Waals surface area contributed by atoms with Gasteiger partial charge in [0.1, 0.15) is 17.5 Å². The number of hydrogen-bond acceptors (Lipinski definition) is 6. The molecule has 3 aromatic rings. The molecule has 0 spiro atoms. The highest BCUT2D eigenvalue weighted by atomic mass is 16.5. The van der Waals surface area contributed by atoms with Crippen LogP contribution in [0, 0.1) is 0 Å². The summed E-state index contributed by atoms with van der Waals surface area (Å²) in [6.07, 6.45) is -0.217. The minimum atomic E-state index is -0.391. The monoisotopic (exact) mass is 396 g/mol. The Labute approximate surface area is 167 Å². The number of fused-ring (bicyclic) bond motifs is 1. The van der Waals surface area contributed by atoms with Gasteiger partial charge in [-0.3, -0.25) is 18.8 Å². The Balaban J connectivity index is 1.58. The van der Waals surface area contributed by atoms with E-state index in [1.165, 1.54) is 17.2 Å². The molecule has 0 amide bonds. The summed E-state index contributed by atoms with van der Waals surface area (Å²) in [4.78, 5) is 31.5. The van der Waals surface area contributed by atoms with Gasteiger partial charge >= 0.3 is 5.69 Å². The van der Waals surface area contributed by atoms with E-state index in [9.17, 15) is 9.59 Å². The number of pyridine rings is 1. The fraction of sp³-hybridized carbons (Fsp3) is 0.381. The highest BCUT2D eigenvalue weighted by molar-refractivity contribution is 5.74. The lowest BCUT2D eigenvalue weighted by Crippen LogP contribution is -2.39. The van der Waals surface area contributed by atoms with Gasteiger partial charge in [-0.15, -0.1) is 0 Å². The lowest BCUT2D eigenvalue weighted by atomic mass is 10.1. The van der Waals surface area contributed by atoms with Crippen LogP contribution in [0.25, 0.3) is 11.0 Å². The standard InChI is InChI=1S/C21H24N4O4/c1-23-19-16(20(26)24(2)21(23)27)8-9-17(22-19)18-13-25(10-11-29-18)12-14-4-6-15(28-3)7-5-14/h4-9,18H,10-13H2,1-3H3. The molecule has 1 unspecified atom stereocenters. The second-order valence-corrected chi connectivity index (χ2v) is 7.26. The van der Waals surface area contributed by atoms with Gasteiger partial charge in [0.05, 0.1) is 24.8 Å². The average Bonchev–Trinajstić information content (AvgIpc) is 2.76. The van der Waals surface area contributed by atoms with Crippen LogP contribution in [0.4, 0.5) is 0 Å². The summed E-state index contributed by atoms with van der Waals surface area (Å²) in [5, 5.41) is 0.421. The maximum Gasteiger partial charge on any atom is 0.332 e. The van der Waals surface area contributed by atoms with Crippen molar-refractivity contribution in [2.75, 3.05) is 26.8 Å². The van der Waals surface area contributed by atoms with E-state index >= 15 is 0 Å². The fourth-order valence-electron chi connectivity index (χ4n) is 3.66. The number of hydrogen-bond donors (Lipinski definition) is 0. The van der Waals surface area contributed by atoms with Crippen molar-refractivity contribution in [2.24, 2.45) is 14.1 Å². The summed E-state index contributed by atoms with van der Waals surface area (Å²) in [6, 6.07) is 11.6. The first-order valence-electron chi connectivity index (χ1n) is 9.51. The molecule has 1 aromatic carbocycles. The first-order valence-corrected chi connectivity index (χ1v) is 9.51. The predicted octanol–water partition coefficient (Wildman–Crippen LogP) is 1.21. The van der Waals surface area contributed by atoms with E-state index in [4.69, 9.17) is 9.47 Å². The van der Waals surface area contributed by atoms with Gasteiger partial charge in [-0.2, -0.15) is 0 Å². The molecular weight excluding hydrogens is 372 g/mol. The van der Waals surface area contributed by atoms with Gasteiger partial charge in [-0.05, 0) is 29.8 Å². The highest BCUT2D eigenvalue weighted by Crippen LogP contribution is 2.23. The molecular formula is C21H24N4O4. The molecule has 0 N–H and O–H groups in total. The molecule has 0 aliphatic carbocycles. The van der Waals surface area contributed by atoms with Gasteiger partial charge in [-0.25, -0.2) is 9.78 Å². The molecule has 1 saturated heterocycles. The summed E-state index contributed by atoms with van der Waals surface area (Å²) >= 11 is 0. The summed E-state index contributed by atoms with van der Waals surface area (Å²) in [5.41, 5.74) is 1.57. The molecule has 152 valence electrons. The molecule has 3 heterocycles. The van der Waals surface area contributed by atoms with E-state index in [2.05, 4.69) is 22.0 Å². The Bertz CT molecular complexity index is 1150. The lowest BCUT2D eigenvalue weighted by molar-refractivity contribution is -0.0348. The van der Waals surface area contributed by atoms with Gasteiger partial charge < -0.3 is 9.47 Å². The van der Waals surface area contributed by atoms with Crippen molar-refractivity contribution in [3.05, 3.63) is 68.5 Å². The Hall–Kier alpha value is -2.97. The number of aryl methyl sites for hydroxylation is 1. The van der Waals surface area contributed by atoms with Crippen molar-refractivity contribution in [3.8, 4) is 5.75 Å². The van der Waals surface area contributed by atoms with Gasteiger partial charge in [0.2, 0.25) is 0 Å². The molecule has 0 saturated carbocycles. The van der Waals surface area contributed by atoms with Crippen molar-refractivity contribution >= 4 is 11.0 Å². The lowest BCUT2D eigenvalue weighted by Gasteiger charge is -2.32. The van der Waals surface area contributed by atoms with Crippen LogP contribution in [0.1, 0.15) is 17.4 Å². The quantitative estimate of drug-likeness (QED) is 0.660. The van der Waals surface area contributed by atoms with E-state index in [1.54, 1.807) is 20.2 Å². The third-order valence-corrected chi connectivity index (χ3v) is 5.37. The van der Waals surface area contributed by atoms with E-state index in [0.717, 1.165) is 29.1 Å². The van der Waals surface area contributed by atoms with Crippen LogP contribution in [-0.4, -0.2) is 45.8 Å². The van der Waals surface area contributed by atoms with Crippen LogP contribution in [0.5, 0.6) is 5.75 Å². The molecule has 1 atom stereocenters. The third-order valence-electron chi connectivity index (χ3n) is 5.37. The van der Waals surface area contributed by atoms with Crippen molar-refractivity contribution in [1.29, 1.82) is 0 Å². The number of morpholine rings is 1. The fourth-order valence-corrected chi connectivity index (χ4v) is 3.66. The van der Waals surface area contributed by atoms with Crippen molar-refractivity contribution < 1.29 is 9.47 Å². The summed E-state index contributed by atoms with van der Waals surface area (Å²) in [7, 11) is 4.75. The van der Waals surface area contributed by atoms with Crippen LogP contribution in [0.15, 0.2) is 46.0 Å². The zero-order chi connectivity index (χ0) is 20.5. The minimum absolute atomic E-state index is 0.217. The number of rotatable bonds is 4. The van der Waals surface area contributed by atoms with Gasteiger partial charge in [0.25, 0.3) is 5.56 Å². The van der Waals surface area contributed by atoms with E-state index in [1.807, 2.05) is 18.2 Å². The van der Waals surface area contributed by atoms with Gasteiger partial charge in [-0.1, -0.05) is 12.1 Å². The number of ether oxygens (including phenoxy) is 2. The number of benzene rings is 1. The normalized spacial score (nSPS) is 17.6. The third kappa shape index (κ3) is 3.68. The SMILES string of the molecule is COc1ccc(CN2CCOC(c3ccc4c(=O)n(C)c(=O)n(C)c4n3)C2)cc1. The molecule has 29 heavy (non-hydrogen) atoms. The molecule has 8 nitrogen and oxygen atoms in total. The van der Waals surface area contributed by atoms with Crippen molar-refractivity contribution in [3.63, 3.8) is 0 Å². The van der Waals surface area contributed by atoms with Gasteiger partial charge in [0.15, 0.2) is 0 Å². The molecule has 1 fully saturated rings. The Kier molecular flexibility index (Phi) is 5.21. The second-order valence-electron chi connectivity index (χ2n) is 7.26. The average molecular weight is 396 g/mol. The molecule has 8 heteroatoms. The van der Waals surface area contributed by atoms with Gasteiger partial charge in [0, 0.05) is 33.7 Å². The zero-order valence-electron chi connectivity index (χ0n) is 16.8. The summed E-state index contributed by atoms with van der Waals surface area (Å²) in [6.45, 7) is 2.91. The van der Waals surface area contributed by atoms with Crippen LogP contribution in [0.2, 0.25) is 0 Å². The van der Waals surface area contributed by atoms with E-state index in [0.29, 0.717) is 24.2 Å². The van der Waals surface area contributed by atoms with Crippen LogP contribution in [0.3, 0.4) is 0 Å². The Morgan fingerprint density at radius 3 is 2.59 bits per heavy atom. The summed E-state index contributed by atoms with van der Waals surface area (Å²) in [5.74, 6) is 0.839. The predicted molar refractivity (Wildman–Crippen MR) is 109 cm³/mol. The second kappa shape index (κ2) is 7.81. The van der Waals surface area contributed by atoms with Crippen molar-refractivity contribution in [2.45, 2.75) is 12.6 Å². The first-order chi connectivity index (χ1) is 14.0. The number of methoxy groups -OCH3 is 1. The maximum absolute atomic E-state index is 12.4. The first kappa shape index (κ1) is 19.4. The molecule has 0 bridgehead atoms. The maximum atomic E-state index is 12.4. The minimum Gasteiger partial charge on any atom is -0.497 e. The Morgan fingerprint density at radius 1 is 1.10 bits per heavy atom. The van der Waals surface area contributed by atoms with Crippen LogP contribution >= 0.6 is 0 Å². The molecule has 1 aliphatic heterocycles. The molecule has 4 rings (SSSR count). The van der Waals surface area contributed by atoms with E-state index < -0.39 is 5.69 Å². The summed E-state index contributed by atoms with van der Waals surface area (Å²) < 4.78 is 13.7. The van der Waals surface area contributed by atoms with E-state index in [-0.39, 0.29) is 11.7 Å². The largest absolute Gasteiger partial charge is 0.497 e. The topological polar surface area (TPSA) is 78.6 Å². The van der Waals surface area contributed by atoms with Crippen molar-refractivity contribution in [1.82, 2.24) is 19.0 Å². The zero-order valence-corrected chi connectivity index (χ0v) is 16.8. The number of aromatic nitrogens is 3. The molecule has 2 aromatic heterocycles. The Morgan fingerprint density at radius 2 is 1.86 bits per heavy atom. The smallest absolute Gasteiger partial charge is 0.332 e. The van der Waals surface area contributed by atoms with Crippen LogP contribution < -0.4 is 16.0 Å².